The van der Waals surface area contributed by atoms with Crippen molar-refractivity contribution in [2.24, 2.45) is 0 Å². The summed E-state index contributed by atoms with van der Waals surface area (Å²) in [7, 11) is 0. The number of amides is 1. The monoisotopic (exact) mass is 194 g/mol. The molecule has 14 heavy (non-hydrogen) atoms. The molecule has 5 nitrogen and oxygen atoms in total. The normalized spacial score (nSPS) is 16.5. The molecule has 76 valence electrons. The molecule has 0 aliphatic carbocycles. The minimum atomic E-state index is -0.162. The minimum Gasteiger partial charge on any atom is -0.334 e. The van der Waals surface area contributed by atoms with E-state index < -0.39 is 0 Å². The molecule has 0 radical (unpaired) electrons. The molecule has 0 spiro atoms. The van der Waals surface area contributed by atoms with Crippen molar-refractivity contribution >= 4 is 11.8 Å². The van der Waals surface area contributed by atoms with Crippen LogP contribution in [0.5, 0.6) is 0 Å². The maximum Gasteiger partial charge on any atom is 0.345 e. The van der Waals surface area contributed by atoms with E-state index in [9.17, 15) is 4.79 Å². The van der Waals surface area contributed by atoms with Crippen LogP contribution >= 0.6 is 0 Å². The second-order valence-electron chi connectivity index (χ2n) is 4.34. The van der Waals surface area contributed by atoms with Crippen LogP contribution in [0.25, 0.3) is 0 Å². The molecule has 1 aromatic rings. The van der Waals surface area contributed by atoms with E-state index in [1.165, 1.54) is 4.68 Å². The van der Waals surface area contributed by atoms with Crippen LogP contribution in [-0.4, -0.2) is 28.0 Å². The first-order valence-electron chi connectivity index (χ1n) is 4.60. The third-order valence-electron chi connectivity index (χ3n) is 2.29. The van der Waals surface area contributed by atoms with Crippen molar-refractivity contribution < 1.29 is 4.79 Å². The lowest BCUT2D eigenvalue weighted by Gasteiger charge is -2.39. The number of hydrogen-bond acceptors (Lipinski definition) is 3. The summed E-state index contributed by atoms with van der Waals surface area (Å²) in [6.07, 6.45) is 1.64. The van der Waals surface area contributed by atoms with Gasteiger partial charge in [-0.05, 0) is 20.8 Å². The van der Waals surface area contributed by atoms with Gasteiger partial charge in [-0.25, -0.2) is 4.79 Å². The number of fused-ring (bicyclic) bond motifs is 1. The summed E-state index contributed by atoms with van der Waals surface area (Å²) in [4.78, 5) is 13.5. The molecule has 0 atom stereocenters. The highest BCUT2D eigenvalue weighted by atomic mass is 16.2. The van der Waals surface area contributed by atoms with Crippen LogP contribution in [0.3, 0.4) is 0 Å². The Morgan fingerprint density at radius 1 is 1.50 bits per heavy atom. The Morgan fingerprint density at radius 3 is 2.86 bits per heavy atom. The topological polar surface area (TPSA) is 50.2 Å². The highest BCUT2D eigenvalue weighted by molar-refractivity contribution is 5.81. The predicted molar refractivity (Wildman–Crippen MR) is 53.3 cm³/mol. The van der Waals surface area contributed by atoms with E-state index in [4.69, 9.17) is 0 Å². The van der Waals surface area contributed by atoms with E-state index in [0.717, 1.165) is 5.82 Å². The van der Waals surface area contributed by atoms with Gasteiger partial charge < -0.3 is 10.2 Å². The van der Waals surface area contributed by atoms with E-state index in [1.54, 1.807) is 6.20 Å². The summed E-state index contributed by atoms with van der Waals surface area (Å²) in [5, 5.41) is 6.73. The number of aromatic nitrogens is 2. The Balaban J connectivity index is 2.44. The Kier molecular flexibility index (Phi) is 1.77. The third kappa shape index (κ3) is 1.25. The van der Waals surface area contributed by atoms with Gasteiger partial charge in [-0.2, -0.15) is 9.78 Å². The Morgan fingerprint density at radius 2 is 2.21 bits per heavy atom. The molecule has 0 saturated carbocycles. The van der Waals surface area contributed by atoms with Gasteiger partial charge in [-0.15, -0.1) is 0 Å². The van der Waals surface area contributed by atoms with Crippen molar-refractivity contribution in [3.8, 4) is 0 Å². The van der Waals surface area contributed by atoms with Crippen LogP contribution in [-0.2, 0) is 0 Å². The molecular weight excluding hydrogens is 180 g/mol. The van der Waals surface area contributed by atoms with Gasteiger partial charge in [0.05, 0.1) is 12.9 Å². The fourth-order valence-corrected chi connectivity index (χ4v) is 1.54. The van der Waals surface area contributed by atoms with Gasteiger partial charge in [-0.3, -0.25) is 0 Å². The van der Waals surface area contributed by atoms with Crippen LogP contribution in [0.15, 0.2) is 12.3 Å². The number of nitrogens with one attached hydrogen (secondary N) is 1. The molecule has 5 heteroatoms. The molecule has 0 aromatic carbocycles. The zero-order valence-electron chi connectivity index (χ0n) is 8.61. The van der Waals surface area contributed by atoms with Crippen molar-refractivity contribution in [1.82, 2.24) is 15.1 Å². The SMILES string of the molecule is CC(C)(C)N1CNC(=O)n2nccc21. The van der Waals surface area contributed by atoms with E-state index in [1.807, 2.05) is 6.07 Å². The fraction of sp³-hybridized carbons (Fsp3) is 0.556. The lowest BCUT2D eigenvalue weighted by molar-refractivity contribution is 0.235. The van der Waals surface area contributed by atoms with E-state index >= 15 is 0 Å². The standard InChI is InChI=1S/C9H14N4O/c1-9(2,3)12-6-10-8(14)13-7(12)4-5-11-13/h4-5H,6H2,1-3H3,(H,10,14). The smallest absolute Gasteiger partial charge is 0.334 e. The molecule has 1 amide bonds. The largest absolute Gasteiger partial charge is 0.345 e. The molecular formula is C9H14N4O. The average molecular weight is 194 g/mol. The minimum absolute atomic E-state index is 0.0223. The number of hydrogen-bond donors (Lipinski definition) is 1. The molecule has 0 unspecified atom stereocenters. The lowest BCUT2D eigenvalue weighted by Crippen LogP contribution is -2.54. The quantitative estimate of drug-likeness (QED) is 0.670. The summed E-state index contributed by atoms with van der Waals surface area (Å²) in [5.74, 6) is 0.848. The first kappa shape index (κ1) is 9.05. The van der Waals surface area contributed by atoms with Crippen molar-refractivity contribution in [3.05, 3.63) is 12.3 Å². The molecule has 0 saturated heterocycles. The van der Waals surface area contributed by atoms with Crippen LogP contribution in [0, 0.1) is 0 Å². The molecule has 0 bridgehead atoms. The number of nitrogens with zero attached hydrogens (tertiary/aromatic N) is 3. The van der Waals surface area contributed by atoms with Gasteiger partial charge in [0.15, 0.2) is 0 Å². The molecule has 2 rings (SSSR count). The summed E-state index contributed by atoms with van der Waals surface area (Å²) in [5.41, 5.74) is -0.0223. The third-order valence-corrected chi connectivity index (χ3v) is 2.29. The van der Waals surface area contributed by atoms with Crippen molar-refractivity contribution in [3.63, 3.8) is 0 Å². The van der Waals surface area contributed by atoms with Gasteiger partial charge in [0.2, 0.25) is 0 Å². The number of carbonyl (C=O) groups excluding carboxylic acids is 1. The van der Waals surface area contributed by atoms with Gasteiger partial charge in [-0.1, -0.05) is 0 Å². The average Bonchev–Trinajstić information content (AvgIpc) is 2.50. The van der Waals surface area contributed by atoms with Crippen LogP contribution < -0.4 is 10.2 Å². The molecule has 1 aliphatic rings. The highest BCUT2D eigenvalue weighted by Crippen LogP contribution is 2.24. The van der Waals surface area contributed by atoms with Crippen LogP contribution in [0.2, 0.25) is 0 Å². The highest BCUT2D eigenvalue weighted by Gasteiger charge is 2.29. The van der Waals surface area contributed by atoms with E-state index in [0.29, 0.717) is 6.67 Å². The molecule has 0 fully saturated rings. The molecule has 1 aliphatic heterocycles. The zero-order chi connectivity index (χ0) is 10.3. The first-order valence-corrected chi connectivity index (χ1v) is 4.60. The van der Waals surface area contributed by atoms with Gasteiger partial charge in [0.1, 0.15) is 5.82 Å². The molecule has 1 N–H and O–H groups in total. The van der Waals surface area contributed by atoms with Crippen LogP contribution in [0.4, 0.5) is 10.6 Å². The maximum atomic E-state index is 11.4. The van der Waals surface area contributed by atoms with Crippen molar-refractivity contribution in [2.45, 2.75) is 26.3 Å². The number of carbonyl (C=O) groups is 1. The summed E-state index contributed by atoms with van der Waals surface area (Å²) in [6, 6.07) is 1.69. The first-order chi connectivity index (χ1) is 6.50. The Labute approximate surface area is 82.7 Å². The fourth-order valence-electron chi connectivity index (χ4n) is 1.54. The second kappa shape index (κ2) is 2.73. The van der Waals surface area contributed by atoms with Crippen molar-refractivity contribution in [2.75, 3.05) is 11.6 Å². The van der Waals surface area contributed by atoms with Gasteiger partial charge >= 0.3 is 6.03 Å². The van der Waals surface area contributed by atoms with Gasteiger partial charge in [0.25, 0.3) is 0 Å². The predicted octanol–water partition coefficient (Wildman–Crippen LogP) is 1.02. The number of anilines is 1. The van der Waals surface area contributed by atoms with Gasteiger partial charge in [0, 0.05) is 11.6 Å². The van der Waals surface area contributed by atoms with E-state index in [-0.39, 0.29) is 11.6 Å². The maximum absolute atomic E-state index is 11.4. The van der Waals surface area contributed by atoms with Crippen LogP contribution in [0.1, 0.15) is 20.8 Å². The second-order valence-corrected chi connectivity index (χ2v) is 4.34. The Bertz CT molecular complexity index is 363. The van der Waals surface area contributed by atoms with E-state index in [2.05, 4.69) is 36.1 Å². The summed E-state index contributed by atoms with van der Waals surface area (Å²) >= 11 is 0. The summed E-state index contributed by atoms with van der Waals surface area (Å²) in [6.45, 7) is 6.83. The number of rotatable bonds is 0. The Hall–Kier alpha value is -1.52. The molecule has 1 aromatic heterocycles. The van der Waals surface area contributed by atoms with Crippen molar-refractivity contribution in [1.29, 1.82) is 0 Å². The lowest BCUT2D eigenvalue weighted by atomic mass is 10.1. The summed E-state index contributed by atoms with van der Waals surface area (Å²) < 4.78 is 1.38. The zero-order valence-corrected chi connectivity index (χ0v) is 8.61. The molecule has 2 heterocycles.